The predicted octanol–water partition coefficient (Wildman–Crippen LogP) is 4.00. The van der Waals surface area contributed by atoms with Gasteiger partial charge in [-0.3, -0.25) is 9.36 Å². The number of nitrogens with zero attached hydrogens (tertiary/aromatic N) is 3. The number of carbonyl (C=O) groups excluding carboxylic acids is 1. The Kier molecular flexibility index (Phi) is 5.43. The first-order valence-electron chi connectivity index (χ1n) is 9.28. The van der Waals surface area contributed by atoms with E-state index in [2.05, 4.69) is 15.5 Å². The second kappa shape index (κ2) is 8.14. The summed E-state index contributed by atoms with van der Waals surface area (Å²) in [6.07, 6.45) is 2.39. The molecule has 1 fully saturated rings. The molecule has 144 valence electrons. The van der Waals surface area contributed by atoms with Crippen LogP contribution in [0.1, 0.15) is 18.4 Å². The highest BCUT2D eigenvalue weighted by molar-refractivity contribution is 7.99. The lowest BCUT2D eigenvalue weighted by atomic mass is 10.2. The lowest BCUT2D eigenvalue weighted by molar-refractivity contribution is -0.118. The second-order valence-electron chi connectivity index (χ2n) is 6.99. The highest BCUT2D eigenvalue weighted by Gasteiger charge is 2.22. The lowest BCUT2D eigenvalue weighted by Gasteiger charge is -2.11. The quantitative estimate of drug-likeness (QED) is 0.613. The van der Waals surface area contributed by atoms with Crippen molar-refractivity contribution in [1.82, 2.24) is 20.1 Å². The van der Waals surface area contributed by atoms with Crippen molar-refractivity contribution in [2.45, 2.75) is 24.9 Å². The topological polar surface area (TPSA) is 59.8 Å². The largest absolute Gasteiger partial charge is 0.355 e. The summed E-state index contributed by atoms with van der Waals surface area (Å²) in [6, 6.07) is 14.4. The predicted molar refractivity (Wildman–Crippen MR) is 108 cm³/mol. The third kappa shape index (κ3) is 4.25. The number of halogens is 1. The number of aryl methyl sites for hydroxylation is 1. The van der Waals surface area contributed by atoms with Crippen molar-refractivity contribution in [3.63, 3.8) is 0 Å². The first-order chi connectivity index (χ1) is 13.6. The second-order valence-corrected chi connectivity index (χ2v) is 7.94. The van der Waals surface area contributed by atoms with Crippen LogP contribution in [-0.4, -0.2) is 33.0 Å². The van der Waals surface area contributed by atoms with Gasteiger partial charge in [0.2, 0.25) is 5.91 Å². The molecule has 1 amide bonds. The summed E-state index contributed by atoms with van der Waals surface area (Å²) >= 11 is 1.30. The molecular formula is C21H21FN4OS. The van der Waals surface area contributed by atoms with E-state index in [4.69, 9.17) is 0 Å². The molecule has 2 aromatic carbocycles. The highest BCUT2D eigenvalue weighted by Crippen LogP contribution is 2.30. The van der Waals surface area contributed by atoms with E-state index in [1.54, 1.807) is 22.8 Å². The average molecular weight is 396 g/mol. The highest BCUT2D eigenvalue weighted by atomic mass is 32.2. The fourth-order valence-electron chi connectivity index (χ4n) is 2.87. The standard InChI is InChI=1S/C21H21FN4OS/c1-14-6-10-16(11-7-14)26-20(17-4-2-3-5-18(17)22)24-25-21(26)28-13-19(27)23-12-15-8-9-15/h2-7,10-11,15H,8-9,12-13H2,1H3,(H,23,27). The number of aromatic nitrogens is 3. The number of hydrogen-bond acceptors (Lipinski definition) is 4. The molecule has 4 rings (SSSR count). The van der Waals surface area contributed by atoms with E-state index in [-0.39, 0.29) is 17.5 Å². The number of rotatable bonds is 7. The van der Waals surface area contributed by atoms with Gasteiger partial charge in [-0.2, -0.15) is 0 Å². The van der Waals surface area contributed by atoms with Crippen LogP contribution in [0.3, 0.4) is 0 Å². The molecule has 28 heavy (non-hydrogen) atoms. The number of nitrogens with one attached hydrogen (secondary N) is 1. The van der Waals surface area contributed by atoms with Gasteiger partial charge in [0.05, 0.1) is 11.3 Å². The van der Waals surface area contributed by atoms with Gasteiger partial charge >= 0.3 is 0 Å². The maximum absolute atomic E-state index is 14.4. The Bertz CT molecular complexity index is 982. The molecule has 0 saturated heterocycles. The molecular weight excluding hydrogens is 375 g/mol. The lowest BCUT2D eigenvalue weighted by Crippen LogP contribution is -2.27. The number of thioether (sulfide) groups is 1. The Labute approximate surface area is 167 Å². The Morgan fingerprint density at radius 1 is 1.18 bits per heavy atom. The average Bonchev–Trinajstić information content (AvgIpc) is 3.44. The van der Waals surface area contributed by atoms with Crippen LogP contribution in [-0.2, 0) is 4.79 Å². The van der Waals surface area contributed by atoms with Crippen LogP contribution < -0.4 is 5.32 Å². The number of benzene rings is 2. The summed E-state index contributed by atoms with van der Waals surface area (Å²) in [6.45, 7) is 2.75. The molecule has 0 radical (unpaired) electrons. The van der Waals surface area contributed by atoms with E-state index in [0.717, 1.165) is 17.8 Å². The zero-order valence-electron chi connectivity index (χ0n) is 15.6. The maximum atomic E-state index is 14.4. The number of amides is 1. The van der Waals surface area contributed by atoms with E-state index >= 15 is 0 Å². The van der Waals surface area contributed by atoms with Crippen LogP contribution in [0, 0.1) is 18.7 Å². The summed E-state index contributed by atoms with van der Waals surface area (Å²) < 4.78 is 16.2. The number of hydrogen-bond donors (Lipinski definition) is 1. The monoisotopic (exact) mass is 396 g/mol. The van der Waals surface area contributed by atoms with Gasteiger partial charge in [0.1, 0.15) is 5.82 Å². The SMILES string of the molecule is Cc1ccc(-n2c(SCC(=O)NCC3CC3)nnc2-c2ccccc2F)cc1. The van der Waals surface area contributed by atoms with Crippen LogP contribution in [0.5, 0.6) is 0 Å². The molecule has 1 aliphatic rings. The Hall–Kier alpha value is -2.67. The zero-order valence-corrected chi connectivity index (χ0v) is 16.4. The van der Waals surface area contributed by atoms with Gasteiger partial charge < -0.3 is 5.32 Å². The molecule has 0 unspecified atom stereocenters. The molecule has 0 aliphatic heterocycles. The van der Waals surface area contributed by atoms with Crippen LogP contribution in [0.25, 0.3) is 17.1 Å². The molecule has 1 N–H and O–H groups in total. The van der Waals surface area contributed by atoms with Crippen LogP contribution in [0.2, 0.25) is 0 Å². The van der Waals surface area contributed by atoms with E-state index < -0.39 is 0 Å². The molecule has 3 aromatic rings. The fraction of sp³-hybridized carbons (Fsp3) is 0.286. The smallest absolute Gasteiger partial charge is 0.230 e. The summed E-state index contributed by atoms with van der Waals surface area (Å²) in [5.41, 5.74) is 2.33. The minimum absolute atomic E-state index is 0.0252. The summed E-state index contributed by atoms with van der Waals surface area (Å²) in [7, 11) is 0. The van der Waals surface area contributed by atoms with E-state index in [9.17, 15) is 9.18 Å². The zero-order chi connectivity index (χ0) is 19.5. The molecule has 7 heteroatoms. The minimum atomic E-state index is -0.359. The molecule has 1 aromatic heterocycles. The van der Waals surface area contributed by atoms with E-state index in [1.807, 2.05) is 31.2 Å². The maximum Gasteiger partial charge on any atom is 0.230 e. The Morgan fingerprint density at radius 2 is 1.93 bits per heavy atom. The Morgan fingerprint density at radius 3 is 2.64 bits per heavy atom. The number of carbonyl (C=O) groups is 1. The molecule has 0 atom stereocenters. The Balaban J connectivity index is 1.63. The van der Waals surface area contributed by atoms with Gasteiger partial charge in [-0.25, -0.2) is 4.39 Å². The van der Waals surface area contributed by atoms with Gasteiger partial charge in [-0.05, 0) is 49.9 Å². The molecule has 5 nitrogen and oxygen atoms in total. The molecule has 0 spiro atoms. The third-order valence-electron chi connectivity index (χ3n) is 4.66. The van der Waals surface area contributed by atoms with Gasteiger partial charge in [-0.15, -0.1) is 10.2 Å². The summed E-state index contributed by atoms with van der Waals surface area (Å²) in [5, 5.41) is 12.0. The van der Waals surface area contributed by atoms with Crippen molar-refractivity contribution < 1.29 is 9.18 Å². The first-order valence-corrected chi connectivity index (χ1v) is 10.3. The minimum Gasteiger partial charge on any atom is -0.355 e. The molecule has 1 saturated carbocycles. The van der Waals surface area contributed by atoms with Crippen molar-refractivity contribution in [2.24, 2.45) is 5.92 Å². The van der Waals surface area contributed by atoms with Crippen LogP contribution in [0.15, 0.2) is 53.7 Å². The summed E-state index contributed by atoms with van der Waals surface area (Å²) in [4.78, 5) is 12.1. The van der Waals surface area contributed by atoms with Crippen molar-refractivity contribution in [1.29, 1.82) is 0 Å². The van der Waals surface area contributed by atoms with E-state index in [0.29, 0.717) is 22.5 Å². The van der Waals surface area contributed by atoms with Crippen molar-refractivity contribution in [3.8, 4) is 17.1 Å². The van der Waals surface area contributed by atoms with Gasteiger partial charge in [0, 0.05) is 12.2 Å². The molecule has 1 heterocycles. The van der Waals surface area contributed by atoms with Crippen molar-refractivity contribution >= 4 is 17.7 Å². The summed E-state index contributed by atoms with van der Waals surface area (Å²) in [5.74, 6) is 0.916. The molecule has 1 aliphatic carbocycles. The van der Waals surface area contributed by atoms with Crippen LogP contribution >= 0.6 is 11.8 Å². The van der Waals surface area contributed by atoms with Gasteiger partial charge in [0.15, 0.2) is 11.0 Å². The van der Waals surface area contributed by atoms with Gasteiger partial charge in [-0.1, -0.05) is 41.6 Å². The normalized spacial score (nSPS) is 13.5. The van der Waals surface area contributed by atoms with Crippen molar-refractivity contribution in [2.75, 3.05) is 12.3 Å². The van der Waals surface area contributed by atoms with Crippen LogP contribution in [0.4, 0.5) is 4.39 Å². The third-order valence-corrected chi connectivity index (χ3v) is 5.59. The first kappa shape index (κ1) is 18.7. The fourth-order valence-corrected chi connectivity index (χ4v) is 3.65. The molecule has 0 bridgehead atoms. The van der Waals surface area contributed by atoms with E-state index in [1.165, 1.54) is 30.7 Å². The van der Waals surface area contributed by atoms with Crippen molar-refractivity contribution in [3.05, 3.63) is 59.9 Å². The van der Waals surface area contributed by atoms with Gasteiger partial charge in [0.25, 0.3) is 0 Å².